The molecule has 0 radical (unpaired) electrons. The van der Waals surface area contributed by atoms with Crippen molar-refractivity contribution in [3.63, 3.8) is 0 Å². The summed E-state index contributed by atoms with van der Waals surface area (Å²) in [7, 11) is 1.98. The molecule has 0 aliphatic heterocycles. The van der Waals surface area contributed by atoms with E-state index in [0.717, 1.165) is 13.0 Å². The van der Waals surface area contributed by atoms with E-state index in [-0.39, 0.29) is 5.60 Å². The van der Waals surface area contributed by atoms with Crippen LogP contribution in [0.3, 0.4) is 0 Å². The largest absolute Gasteiger partial charge is 0.374 e. The predicted molar refractivity (Wildman–Crippen MR) is 48.8 cm³/mol. The third kappa shape index (κ3) is 3.21. The summed E-state index contributed by atoms with van der Waals surface area (Å²) in [6, 6.07) is 0.447. The molecule has 0 saturated carbocycles. The summed E-state index contributed by atoms with van der Waals surface area (Å²) in [5, 5.41) is 3.25. The third-order valence-corrected chi connectivity index (χ3v) is 2.11. The fraction of sp³-hybridized carbons (Fsp3) is 1.00. The van der Waals surface area contributed by atoms with Crippen LogP contribution in [0.4, 0.5) is 0 Å². The van der Waals surface area contributed by atoms with Gasteiger partial charge in [-0.25, -0.2) is 0 Å². The van der Waals surface area contributed by atoms with Crippen LogP contribution >= 0.6 is 0 Å². The minimum Gasteiger partial charge on any atom is -0.374 e. The maximum atomic E-state index is 5.61. The highest BCUT2D eigenvalue weighted by Crippen LogP contribution is 2.16. The molecular weight excluding hydrogens is 138 g/mol. The summed E-state index contributed by atoms with van der Waals surface area (Å²) in [6.45, 7) is 9.24. The van der Waals surface area contributed by atoms with Gasteiger partial charge < -0.3 is 10.1 Å². The lowest BCUT2D eigenvalue weighted by Gasteiger charge is -2.33. The molecule has 1 N–H and O–H groups in total. The van der Waals surface area contributed by atoms with Crippen molar-refractivity contribution in [2.24, 2.45) is 0 Å². The Morgan fingerprint density at radius 1 is 1.36 bits per heavy atom. The zero-order valence-electron chi connectivity index (χ0n) is 8.40. The molecule has 0 fully saturated rings. The van der Waals surface area contributed by atoms with Crippen molar-refractivity contribution in [3.05, 3.63) is 0 Å². The molecule has 0 aromatic carbocycles. The molecule has 0 rings (SSSR count). The first-order valence-electron chi connectivity index (χ1n) is 4.39. The lowest BCUT2D eigenvalue weighted by atomic mass is 9.96. The highest BCUT2D eigenvalue weighted by Gasteiger charge is 2.26. The SMILES string of the molecule is CCOC(C)(C)C(CC)NC. The fourth-order valence-electron chi connectivity index (χ4n) is 1.52. The van der Waals surface area contributed by atoms with E-state index in [9.17, 15) is 0 Å². The second kappa shape index (κ2) is 4.73. The molecule has 1 atom stereocenters. The molecule has 2 heteroatoms. The van der Waals surface area contributed by atoms with Crippen LogP contribution in [-0.4, -0.2) is 25.3 Å². The van der Waals surface area contributed by atoms with Crippen molar-refractivity contribution in [3.8, 4) is 0 Å². The summed E-state index contributed by atoms with van der Waals surface area (Å²) < 4.78 is 5.61. The number of hydrogen-bond acceptors (Lipinski definition) is 2. The highest BCUT2D eigenvalue weighted by atomic mass is 16.5. The van der Waals surface area contributed by atoms with Crippen LogP contribution in [-0.2, 0) is 4.74 Å². The van der Waals surface area contributed by atoms with Crippen LogP contribution in [0.15, 0.2) is 0 Å². The van der Waals surface area contributed by atoms with Gasteiger partial charge in [-0.3, -0.25) is 0 Å². The summed E-state index contributed by atoms with van der Waals surface area (Å²) in [5.41, 5.74) is -0.0434. The molecule has 68 valence electrons. The highest BCUT2D eigenvalue weighted by molar-refractivity contribution is 4.83. The van der Waals surface area contributed by atoms with Crippen LogP contribution in [0.2, 0.25) is 0 Å². The molecule has 0 aliphatic rings. The van der Waals surface area contributed by atoms with Gasteiger partial charge >= 0.3 is 0 Å². The molecule has 0 saturated heterocycles. The van der Waals surface area contributed by atoms with E-state index in [4.69, 9.17) is 4.74 Å². The van der Waals surface area contributed by atoms with Crippen molar-refractivity contribution < 1.29 is 4.74 Å². The Bertz CT molecular complexity index is 97.7. The molecule has 0 aromatic rings. The predicted octanol–water partition coefficient (Wildman–Crippen LogP) is 1.80. The Balaban J connectivity index is 4.00. The van der Waals surface area contributed by atoms with Crippen molar-refractivity contribution in [1.82, 2.24) is 5.32 Å². The first-order chi connectivity index (χ1) is 5.08. The van der Waals surface area contributed by atoms with Crippen LogP contribution in [0.25, 0.3) is 0 Å². The van der Waals surface area contributed by atoms with E-state index >= 15 is 0 Å². The van der Waals surface area contributed by atoms with Gasteiger partial charge in [0.15, 0.2) is 0 Å². The number of ether oxygens (including phenoxy) is 1. The van der Waals surface area contributed by atoms with Gasteiger partial charge in [0, 0.05) is 12.6 Å². The Hall–Kier alpha value is -0.0800. The van der Waals surface area contributed by atoms with Crippen LogP contribution in [0.5, 0.6) is 0 Å². The van der Waals surface area contributed by atoms with E-state index in [1.54, 1.807) is 0 Å². The van der Waals surface area contributed by atoms with E-state index < -0.39 is 0 Å². The standard InChI is InChI=1S/C9H21NO/c1-6-8(10-5)9(3,4)11-7-2/h8,10H,6-7H2,1-5H3. The van der Waals surface area contributed by atoms with E-state index in [1.807, 2.05) is 14.0 Å². The average Bonchev–Trinajstić information content (AvgIpc) is 1.89. The van der Waals surface area contributed by atoms with E-state index in [1.165, 1.54) is 0 Å². The monoisotopic (exact) mass is 159 g/mol. The Kier molecular flexibility index (Phi) is 4.69. The molecule has 1 unspecified atom stereocenters. The second-order valence-corrected chi connectivity index (χ2v) is 3.29. The smallest absolute Gasteiger partial charge is 0.0778 e. The molecule has 0 aliphatic carbocycles. The Labute approximate surface area is 70.3 Å². The zero-order chi connectivity index (χ0) is 8.91. The lowest BCUT2D eigenvalue weighted by Crippen LogP contribution is -2.46. The average molecular weight is 159 g/mol. The van der Waals surface area contributed by atoms with Gasteiger partial charge in [0.2, 0.25) is 0 Å². The summed E-state index contributed by atoms with van der Waals surface area (Å²) >= 11 is 0. The van der Waals surface area contributed by atoms with Gasteiger partial charge in [0.05, 0.1) is 5.60 Å². The molecule has 0 spiro atoms. The zero-order valence-corrected chi connectivity index (χ0v) is 8.40. The molecule has 0 bridgehead atoms. The van der Waals surface area contributed by atoms with Crippen LogP contribution < -0.4 is 5.32 Å². The second-order valence-electron chi connectivity index (χ2n) is 3.29. The number of nitrogens with one attached hydrogen (secondary N) is 1. The van der Waals surface area contributed by atoms with Gasteiger partial charge in [-0.2, -0.15) is 0 Å². The van der Waals surface area contributed by atoms with Crippen LogP contribution in [0.1, 0.15) is 34.1 Å². The summed E-state index contributed by atoms with van der Waals surface area (Å²) in [5.74, 6) is 0. The van der Waals surface area contributed by atoms with Crippen molar-refractivity contribution in [2.75, 3.05) is 13.7 Å². The quantitative estimate of drug-likeness (QED) is 0.660. The maximum absolute atomic E-state index is 5.61. The topological polar surface area (TPSA) is 21.3 Å². The normalized spacial score (nSPS) is 15.0. The van der Waals surface area contributed by atoms with Gasteiger partial charge in [0.1, 0.15) is 0 Å². The maximum Gasteiger partial charge on any atom is 0.0778 e. The molecule has 0 heterocycles. The molecule has 11 heavy (non-hydrogen) atoms. The van der Waals surface area contributed by atoms with Gasteiger partial charge in [-0.15, -0.1) is 0 Å². The van der Waals surface area contributed by atoms with Crippen molar-refractivity contribution in [2.45, 2.75) is 45.8 Å². The Morgan fingerprint density at radius 2 is 1.91 bits per heavy atom. The molecular formula is C9H21NO. The fourth-order valence-corrected chi connectivity index (χ4v) is 1.52. The minimum atomic E-state index is -0.0434. The van der Waals surface area contributed by atoms with Crippen molar-refractivity contribution >= 4 is 0 Å². The third-order valence-electron chi connectivity index (χ3n) is 2.11. The van der Waals surface area contributed by atoms with Crippen molar-refractivity contribution in [1.29, 1.82) is 0 Å². The molecule has 0 aromatic heterocycles. The summed E-state index contributed by atoms with van der Waals surface area (Å²) in [6.07, 6.45) is 1.10. The first-order valence-corrected chi connectivity index (χ1v) is 4.39. The van der Waals surface area contributed by atoms with Gasteiger partial charge in [-0.05, 0) is 34.2 Å². The summed E-state index contributed by atoms with van der Waals surface area (Å²) in [4.78, 5) is 0. The number of likely N-dealkylation sites (N-methyl/N-ethyl adjacent to an activating group) is 1. The molecule has 2 nitrogen and oxygen atoms in total. The molecule has 0 amide bonds. The lowest BCUT2D eigenvalue weighted by molar-refractivity contribution is -0.0372. The van der Waals surface area contributed by atoms with Crippen LogP contribution in [0, 0.1) is 0 Å². The van der Waals surface area contributed by atoms with E-state index in [2.05, 4.69) is 26.1 Å². The number of rotatable bonds is 5. The van der Waals surface area contributed by atoms with E-state index in [0.29, 0.717) is 6.04 Å². The number of hydrogen-bond donors (Lipinski definition) is 1. The Morgan fingerprint density at radius 3 is 2.18 bits per heavy atom. The van der Waals surface area contributed by atoms with Gasteiger partial charge in [0.25, 0.3) is 0 Å². The minimum absolute atomic E-state index is 0.0434. The van der Waals surface area contributed by atoms with Gasteiger partial charge in [-0.1, -0.05) is 6.92 Å². The first kappa shape index (κ1) is 10.9.